The van der Waals surface area contributed by atoms with Crippen LogP contribution >= 0.6 is 0 Å². The summed E-state index contributed by atoms with van der Waals surface area (Å²) in [6, 6.07) is 5.70. The number of nitrogens with two attached hydrogens (primary N) is 1. The Bertz CT molecular complexity index is 537. The number of benzene rings is 1. The van der Waals surface area contributed by atoms with Gasteiger partial charge < -0.3 is 15.4 Å². The predicted molar refractivity (Wildman–Crippen MR) is 69.9 cm³/mol. The molecule has 1 aromatic carbocycles. The first kappa shape index (κ1) is 11.9. The number of anilines is 1. The van der Waals surface area contributed by atoms with Crippen molar-refractivity contribution in [1.82, 2.24) is 9.55 Å². The van der Waals surface area contributed by atoms with Gasteiger partial charge in [0.05, 0.1) is 17.6 Å². The molecule has 1 aromatic heterocycles. The van der Waals surface area contributed by atoms with Gasteiger partial charge in [-0.3, -0.25) is 0 Å². The van der Waals surface area contributed by atoms with Gasteiger partial charge in [0.25, 0.3) is 0 Å². The maximum atomic E-state index is 9.17. The molecule has 0 atom stereocenters. The van der Waals surface area contributed by atoms with E-state index in [1.807, 2.05) is 18.2 Å². The summed E-state index contributed by atoms with van der Waals surface area (Å²) in [6.07, 6.45) is 0. The smallest absolute Gasteiger partial charge is 0.115 e. The van der Waals surface area contributed by atoms with Crippen LogP contribution in [0.25, 0.3) is 11.0 Å². The quantitative estimate of drug-likeness (QED) is 0.779. The number of aromatic nitrogens is 2. The average molecular weight is 233 g/mol. The molecular formula is C13H19N3O. The highest BCUT2D eigenvalue weighted by molar-refractivity contribution is 5.79. The fourth-order valence-corrected chi connectivity index (χ4v) is 2.05. The molecule has 3 N–H and O–H groups in total. The summed E-state index contributed by atoms with van der Waals surface area (Å²) in [7, 11) is 0. The summed E-state index contributed by atoms with van der Waals surface area (Å²) < 4.78 is 2.06. The van der Waals surface area contributed by atoms with E-state index in [0.717, 1.165) is 16.9 Å². The van der Waals surface area contributed by atoms with E-state index in [1.165, 1.54) is 0 Å². The van der Waals surface area contributed by atoms with E-state index in [9.17, 15) is 0 Å². The van der Waals surface area contributed by atoms with Crippen molar-refractivity contribution in [2.24, 2.45) is 0 Å². The van der Waals surface area contributed by atoms with Crippen molar-refractivity contribution in [3.05, 3.63) is 24.0 Å². The Hall–Kier alpha value is -1.55. The van der Waals surface area contributed by atoms with Crippen molar-refractivity contribution < 1.29 is 5.11 Å². The molecule has 0 aliphatic heterocycles. The van der Waals surface area contributed by atoms with Crippen molar-refractivity contribution in [3.63, 3.8) is 0 Å². The van der Waals surface area contributed by atoms with Gasteiger partial charge in [-0.15, -0.1) is 0 Å². The van der Waals surface area contributed by atoms with Gasteiger partial charge in [-0.25, -0.2) is 4.98 Å². The molecule has 0 bridgehead atoms. The molecule has 2 aromatic rings. The van der Waals surface area contributed by atoms with E-state index in [4.69, 9.17) is 10.8 Å². The van der Waals surface area contributed by atoms with Crippen LogP contribution in [0.3, 0.4) is 0 Å². The third-order valence-corrected chi connectivity index (χ3v) is 2.77. The lowest BCUT2D eigenvalue weighted by atomic mass is 9.95. The second-order valence-electron chi connectivity index (χ2n) is 5.31. The number of imidazole rings is 1. The maximum absolute atomic E-state index is 9.17. The number of hydrogen-bond acceptors (Lipinski definition) is 3. The standard InChI is InChI=1S/C13H19N3O/c1-13(2,3)12-15-10-8-9(14)4-5-11(10)16(12)6-7-17/h4-5,8,17H,6-7,14H2,1-3H3. The first-order valence-electron chi connectivity index (χ1n) is 5.80. The monoisotopic (exact) mass is 233 g/mol. The lowest BCUT2D eigenvalue weighted by Crippen LogP contribution is -2.20. The van der Waals surface area contributed by atoms with Crippen LogP contribution in [0, 0.1) is 0 Å². The van der Waals surface area contributed by atoms with Gasteiger partial charge in [0, 0.05) is 17.6 Å². The normalized spacial score (nSPS) is 12.2. The molecule has 0 amide bonds. The highest BCUT2D eigenvalue weighted by atomic mass is 16.3. The molecule has 4 nitrogen and oxygen atoms in total. The van der Waals surface area contributed by atoms with Crippen molar-refractivity contribution in [2.75, 3.05) is 12.3 Å². The van der Waals surface area contributed by atoms with Gasteiger partial charge in [0.15, 0.2) is 0 Å². The van der Waals surface area contributed by atoms with E-state index in [2.05, 4.69) is 30.3 Å². The summed E-state index contributed by atoms with van der Waals surface area (Å²) in [5.74, 6) is 0.979. The third-order valence-electron chi connectivity index (χ3n) is 2.77. The number of rotatable bonds is 2. The number of hydrogen-bond donors (Lipinski definition) is 2. The summed E-state index contributed by atoms with van der Waals surface area (Å²) in [6.45, 7) is 7.02. The molecule has 0 saturated heterocycles. The van der Waals surface area contributed by atoms with Crippen LogP contribution in [-0.2, 0) is 12.0 Å². The fraction of sp³-hybridized carbons (Fsp3) is 0.462. The highest BCUT2D eigenvalue weighted by Gasteiger charge is 2.22. The summed E-state index contributed by atoms with van der Waals surface area (Å²) in [4.78, 5) is 4.64. The Labute approximate surface area is 101 Å². The van der Waals surface area contributed by atoms with E-state index in [0.29, 0.717) is 12.2 Å². The zero-order valence-electron chi connectivity index (χ0n) is 10.6. The van der Waals surface area contributed by atoms with E-state index < -0.39 is 0 Å². The van der Waals surface area contributed by atoms with Gasteiger partial charge in [0.2, 0.25) is 0 Å². The Morgan fingerprint density at radius 2 is 2.06 bits per heavy atom. The molecule has 0 unspecified atom stereocenters. The first-order valence-corrected chi connectivity index (χ1v) is 5.80. The van der Waals surface area contributed by atoms with Crippen LogP contribution in [0.15, 0.2) is 18.2 Å². The van der Waals surface area contributed by atoms with Crippen LogP contribution in [0.4, 0.5) is 5.69 Å². The van der Waals surface area contributed by atoms with Crippen LogP contribution in [0.2, 0.25) is 0 Å². The van der Waals surface area contributed by atoms with E-state index >= 15 is 0 Å². The minimum Gasteiger partial charge on any atom is -0.399 e. The molecule has 0 spiro atoms. The Morgan fingerprint density at radius 3 is 2.65 bits per heavy atom. The van der Waals surface area contributed by atoms with Crippen LogP contribution in [-0.4, -0.2) is 21.3 Å². The molecule has 4 heteroatoms. The van der Waals surface area contributed by atoms with Gasteiger partial charge in [0.1, 0.15) is 5.82 Å². The molecular weight excluding hydrogens is 214 g/mol. The molecule has 0 aliphatic carbocycles. The Morgan fingerprint density at radius 1 is 1.35 bits per heavy atom. The summed E-state index contributed by atoms with van der Waals surface area (Å²) in [5.41, 5.74) is 8.35. The number of nitrogens with zero attached hydrogens (tertiary/aromatic N) is 2. The van der Waals surface area contributed by atoms with Gasteiger partial charge >= 0.3 is 0 Å². The fourth-order valence-electron chi connectivity index (χ4n) is 2.05. The van der Waals surface area contributed by atoms with Crippen LogP contribution < -0.4 is 5.73 Å². The highest BCUT2D eigenvalue weighted by Crippen LogP contribution is 2.27. The molecule has 0 saturated carbocycles. The molecule has 0 fully saturated rings. The largest absolute Gasteiger partial charge is 0.399 e. The van der Waals surface area contributed by atoms with Crippen molar-refractivity contribution in [3.8, 4) is 0 Å². The summed E-state index contributed by atoms with van der Waals surface area (Å²) >= 11 is 0. The SMILES string of the molecule is CC(C)(C)c1nc2cc(N)ccc2n1CCO. The average Bonchev–Trinajstić information content (AvgIpc) is 2.56. The number of nitrogen functional groups attached to an aromatic ring is 1. The predicted octanol–water partition coefficient (Wildman–Crippen LogP) is 1.91. The topological polar surface area (TPSA) is 64.1 Å². The van der Waals surface area contributed by atoms with Gasteiger partial charge in [-0.05, 0) is 18.2 Å². The number of aliphatic hydroxyl groups is 1. The third kappa shape index (κ3) is 2.13. The number of fused-ring (bicyclic) bond motifs is 1. The van der Waals surface area contributed by atoms with E-state index in [1.54, 1.807) is 0 Å². The van der Waals surface area contributed by atoms with Crippen molar-refractivity contribution >= 4 is 16.7 Å². The van der Waals surface area contributed by atoms with E-state index in [-0.39, 0.29) is 12.0 Å². The molecule has 0 aliphatic rings. The lowest BCUT2D eigenvalue weighted by molar-refractivity contribution is 0.273. The Balaban J connectivity index is 2.70. The Kier molecular flexibility index (Phi) is 2.83. The molecule has 92 valence electrons. The van der Waals surface area contributed by atoms with Crippen LogP contribution in [0.1, 0.15) is 26.6 Å². The molecule has 17 heavy (non-hydrogen) atoms. The lowest BCUT2D eigenvalue weighted by Gasteiger charge is -2.19. The van der Waals surface area contributed by atoms with Crippen molar-refractivity contribution in [1.29, 1.82) is 0 Å². The van der Waals surface area contributed by atoms with Gasteiger partial charge in [-0.1, -0.05) is 20.8 Å². The molecule has 1 heterocycles. The second-order valence-corrected chi connectivity index (χ2v) is 5.31. The minimum atomic E-state index is -0.0526. The van der Waals surface area contributed by atoms with Crippen LogP contribution in [0.5, 0.6) is 0 Å². The zero-order chi connectivity index (χ0) is 12.6. The molecule has 0 radical (unpaired) electrons. The first-order chi connectivity index (χ1) is 7.93. The maximum Gasteiger partial charge on any atom is 0.115 e. The minimum absolute atomic E-state index is 0.0526. The molecule has 2 rings (SSSR count). The van der Waals surface area contributed by atoms with Gasteiger partial charge in [-0.2, -0.15) is 0 Å². The number of aliphatic hydroxyl groups excluding tert-OH is 1. The summed E-state index contributed by atoms with van der Waals surface area (Å²) in [5, 5.41) is 9.17. The van der Waals surface area contributed by atoms with Crippen molar-refractivity contribution in [2.45, 2.75) is 32.7 Å². The second kappa shape index (κ2) is 4.04. The zero-order valence-corrected chi connectivity index (χ0v) is 10.6.